The van der Waals surface area contributed by atoms with Gasteiger partial charge >= 0.3 is 29.6 Å². The third kappa shape index (κ3) is 10.7. The molecule has 6 rings (SSSR count). The Balaban J connectivity index is 0.000000225. The Morgan fingerprint density at radius 1 is 0.750 bits per heavy atom. The first kappa shape index (κ1) is 42.8. The van der Waals surface area contributed by atoms with Crippen molar-refractivity contribution >= 4 is 6.29 Å². The molecule has 2 spiro atoms. The molecular weight excluding hydrogens is 754 g/mol. The van der Waals surface area contributed by atoms with Gasteiger partial charge in [0.15, 0.2) is 17.9 Å². The zero-order valence-corrected chi connectivity index (χ0v) is 32.6. The summed E-state index contributed by atoms with van der Waals surface area (Å²) in [5.41, 5.74) is 0. The average molecular weight is 807 g/mol. The van der Waals surface area contributed by atoms with Crippen molar-refractivity contribution in [2.45, 2.75) is 157 Å². The van der Waals surface area contributed by atoms with Crippen molar-refractivity contribution in [1.82, 2.24) is 0 Å². The number of fused-ring (bicyclic) bond motifs is 2. The Bertz CT molecular complexity index is 1010. The van der Waals surface area contributed by atoms with E-state index in [0.717, 1.165) is 64.1 Å². The van der Waals surface area contributed by atoms with Gasteiger partial charge in [0.2, 0.25) is 0 Å². The molecule has 0 aromatic carbocycles. The molecule has 0 bridgehead atoms. The van der Waals surface area contributed by atoms with Crippen molar-refractivity contribution in [3.05, 3.63) is 25.3 Å². The third-order valence-corrected chi connectivity index (χ3v) is 10.3. The Kier molecular flexibility index (Phi) is 16.9. The van der Waals surface area contributed by atoms with Crippen LogP contribution in [0.2, 0.25) is 0 Å². The van der Waals surface area contributed by atoms with Gasteiger partial charge in [0.25, 0.3) is 0 Å². The van der Waals surface area contributed by atoms with Gasteiger partial charge in [0.05, 0.1) is 31.0 Å². The maximum atomic E-state index is 11.3. The molecule has 2 saturated carbocycles. The molecule has 15 heteroatoms. The number of carbonyl (C=O) groups excluding carboxylic acids is 1. The molecular formula is C33H52INaO13. The molecule has 4 saturated heterocycles. The number of aliphatic hydroxyl groups excluding tert-OH is 2. The van der Waals surface area contributed by atoms with Crippen LogP contribution < -0.4 is 63.4 Å². The molecule has 4 aliphatic heterocycles. The van der Waals surface area contributed by atoms with E-state index in [0.29, 0.717) is 6.42 Å². The fourth-order valence-corrected chi connectivity index (χ4v) is 7.91. The zero-order chi connectivity index (χ0) is 34.4. The van der Waals surface area contributed by atoms with Gasteiger partial charge in [0, 0.05) is 37.5 Å². The molecule has 13 nitrogen and oxygen atoms in total. The van der Waals surface area contributed by atoms with Gasteiger partial charge in [-0.2, -0.15) is 0 Å². The number of aliphatic hydroxyl groups is 2. The van der Waals surface area contributed by atoms with E-state index >= 15 is 0 Å². The van der Waals surface area contributed by atoms with Crippen molar-refractivity contribution in [3.63, 3.8) is 0 Å². The Morgan fingerprint density at radius 2 is 1.15 bits per heavy atom. The Morgan fingerprint density at radius 3 is 1.56 bits per heavy atom. The van der Waals surface area contributed by atoms with Gasteiger partial charge in [-0.1, -0.05) is 38.8 Å². The number of rotatable bonds is 7. The summed E-state index contributed by atoms with van der Waals surface area (Å²) >= 11 is -5.94. The first-order valence-corrected chi connectivity index (χ1v) is 20.4. The van der Waals surface area contributed by atoms with Crippen molar-refractivity contribution in [3.8, 4) is 0 Å². The van der Waals surface area contributed by atoms with Gasteiger partial charge < -0.3 is 43.4 Å². The van der Waals surface area contributed by atoms with Crippen LogP contribution in [0.4, 0.5) is 0 Å². The van der Waals surface area contributed by atoms with Crippen LogP contribution in [0.1, 0.15) is 90.9 Å². The second-order valence-corrected chi connectivity index (χ2v) is 15.7. The van der Waals surface area contributed by atoms with Crippen molar-refractivity contribution in [2.24, 2.45) is 11.8 Å². The molecule has 4 heterocycles. The number of ether oxygens (including phenoxy) is 6. The van der Waals surface area contributed by atoms with E-state index in [1.54, 1.807) is 0 Å². The summed E-state index contributed by atoms with van der Waals surface area (Å²) in [6.07, 6.45) is 13.8. The van der Waals surface area contributed by atoms with Gasteiger partial charge in [-0.05, 0) is 38.5 Å². The minimum Gasteiger partial charge on any atom is -0.394 e. The Hall–Kier alpha value is 0.400. The molecule has 0 aromatic heterocycles. The van der Waals surface area contributed by atoms with E-state index in [1.165, 1.54) is 12.8 Å². The van der Waals surface area contributed by atoms with E-state index in [4.69, 9.17) is 42.2 Å². The molecule has 0 radical (unpaired) electrons. The fraction of sp³-hybridized carbons (Fsp3) is 0.848. The predicted octanol–water partition coefficient (Wildman–Crippen LogP) is -6.38. The normalized spacial score (nSPS) is 38.5. The third-order valence-electron chi connectivity index (χ3n) is 10.3. The van der Waals surface area contributed by atoms with Crippen LogP contribution in [-0.4, -0.2) is 89.6 Å². The van der Waals surface area contributed by atoms with Crippen LogP contribution >= 0.6 is 0 Å². The molecule has 48 heavy (non-hydrogen) atoms. The monoisotopic (exact) mass is 806 g/mol. The summed E-state index contributed by atoms with van der Waals surface area (Å²) in [6, 6.07) is 0. The fourth-order valence-electron chi connectivity index (χ4n) is 7.91. The van der Waals surface area contributed by atoms with Crippen molar-refractivity contribution in [1.29, 1.82) is 0 Å². The SMILES string of the molecule is C=CC[C@@H]1O[C@@H](C=O)[C@H]2OC3(CCCCC3)O[C@H]2[C@H]1C.C=CC[C@@H]1O[C@@H]([C@H](O)CO)[C@H]2OC3(CCCCC3)O[C@H]2[C@H]1C.[Na+].[O-][I+3]([O-])([O-])[O-]. The molecule has 2 aliphatic carbocycles. The molecule has 6 fully saturated rings. The number of hydrogen-bond acceptors (Lipinski definition) is 13. The van der Waals surface area contributed by atoms with Crippen molar-refractivity contribution in [2.75, 3.05) is 6.61 Å². The van der Waals surface area contributed by atoms with E-state index in [9.17, 15) is 15.0 Å². The number of halogens is 1. The van der Waals surface area contributed by atoms with Crippen LogP contribution in [0.3, 0.4) is 0 Å². The topological polar surface area (TPSA) is 205 Å². The number of aldehydes is 1. The molecule has 0 unspecified atom stereocenters. The van der Waals surface area contributed by atoms with Gasteiger partial charge in [-0.3, -0.25) is 13.7 Å². The second-order valence-electron chi connectivity index (χ2n) is 13.6. The van der Waals surface area contributed by atoms with Gasteiger partial charge in [-0.25, -0.2) is 0 Å². The first-order valence-electron chi connectivity index (χ1n) is 16.9. The van der Waals surface area contributed by atoms with Gasteiger partial charge in [-0.15, -0.1) is 13.2 Å². The quantitative estimate of drug-likeness (QED) is 0.107. The summed E-state index contributed by atoms with van der Waals surface area (Å²) in [6.45, 7) is 11.5. The first-order chi connectivity index (χ1) is 22.3. The van der Waals surface area contributed by atoms with Crippen LogP contribution in [0.5, 0.6) is 0 Å². The Labute approximate surface area is 312 Å². The maximum Gasteiger partial charge on any atom is 1.00 e. The molecule has 0 amide bonds. The smallest absolute Gasteiger partial charge is 0.394 e. The summed E-state index contributed by atoms with van der Waals surface area (Å²) in [7, 11) is 0. The standard InChI is InChI=1S/C17H28O5.C16H24O4.IO4.Na/c1-3-7-13-11(2)14-16(15(20-13)12(19)10-18)22-17(21-14)8-5-4-6-9-17;1-3-7-12-11(2)14-15(13(10-17)18-12)20-16(19-14)8-5-4-6-9-16;2-1(3,4)5;/h3,11-16,18-19H,1,4-10H2,2H3;3,10-15H,1,4-9H2,2H3;;/q;;-1;+1/t11-,12+,13-,14-,15-,16-;11-,12-,13-,14-,15+;;/m00../s1. The molecule has 2 N–H and O–H groups in total. The van der Waals surface area contributed by atoms with E-state index in [1.807, 2.05) is 12.2 Å². The van der Waals surface area contributed by atoms with Crippen LogP contribution in [0, 0.1) is 11.8 Å². The molecule has 270 valence electrons. The second kappa shape index (κ2) is 18.9. The van der Waals surface area contributed by atoms with Crippen LogP contribution in [-0.2, 0) is 33.2 Å². The predicted molar refractivity (Wildman–Crippen MR) is 156 cm³/mol. The number of carbonyl (C=O) groups is 1. The maximum absolute atomic E-state index is 11.3. The van der Waals surface area contributed by atoms with E-state index < -0.39 is 50.0 Å². The largest absolute Gasteiger partial charge is 1.00 e. The molecule has 6 aliphatic rings. The minimum absolute atomic E-state index is 0. The van der Waals surface area contributed by atoms with E-state index in [2.05, 4.69) is 27.0 Å². The summed E-state index contributed by atoms with van der Waals surface area (Å²) < 4.78 is 71.6. The van der Waals surface area contributed by atoms with E-state index in [-0.39, 0.29) is 84.6 Å². The molecule has 0 aromatic rings. The average Bonchev–Trinajstić information content (AvgIpc) is 3.59. The van der Waals surface area contributed by atoms with Crippen LogP contribution in [0.25, 0.3) is 0 Å². The zero-order valence-electron chi connectivity index (χ0n) is 28.5. The van der Waals surface area contributed by atoms with Crippen molar-refractivity contribution < 1.29 is 107 Å². The summed E-state index contributed by atoms with van der Waals surface area (Å²) in [5.74, 6) is -0.584. The van der Waals surface area contributed by atoms with Gasteiger partial charge in [0.1, 0.15) is 50.6 Å². The summed E-state index contributed by atoms with van der Waals surface area (Å²) in [5, 5.41) is 19.5. The summed E-state index contributed by atoms with van der Waals surface area (Å²) in [4.78, 5) is 11.3. The minimum atomic E-state index is -5.94. The molecule has 11 atom stereocenters. The van der Waals surface area contributed by atoms with Crippen LogP contribution in [0.15, 0.2) is 25.3 Å². The number of hydrogen-bond donors (Lipinski definition) is 2.